The third-order valence-electron chi connectivity index (χ3n) is 17.4. The lowest BCUT2D eigenvalue weighted by Crippen LogP contribution is -2.61. The van der Waals surface area contributed by atoms with Gasteiger partial charge in [0.1, 0.15) is 11.3 Å². The number of aliphatic hydroxyl groups is 3. The van der Waals surface area contributed by atoms with Crippen molar-refractivity contribution in [3.63, 3.8) is 0 Å². The van der Waals surface area contributed by atoms with E-state index in [4.69, 9.17) is 14.2 Å². The van der Waals surface area contributed by atoms with E-state index in [1.165, 1.54) is 95.5 Å². The molecule has 0 unspecified atom stereocenters. The number of aliphatic hydroxyl groups excluding tert-OH is 3. The molecule has 3 N–H and O–H groups in total. The minimum Gasteiger partial charge on any atom is -0.492 e. The lowest BCUT2D eigenvalue weighted by Gasteiger charge is -2.57. The Kier molecular flexibility index (Phi) is 10.7. The zero-order valence-corrected chi connectivity index (χ0v) is 35.4. The number of esters is 1. The number of carbonyl (C=O) groups excluding carboxylic acids is 1. The first-order valence-electron chi connectivity index (χ1n) is 22.4. The molecule has 3 saturated heterocycles. The number of ether oxygens (including phenoxy) is 3. The van der Waals surface area contributed by atoms with Gasteiger partial charge < -0.3 is 29.5 Å². The molecule has 0 bridgehead atoms. The van der Waals surface area contributed by atoms with Gasteiger partial charge in [-0.05, 0) is 123 Å². The molecular weight excluding hydrogens is 755 g/mol. The minimum absolute atomic E-state index is 0.00607. The zero-order valence-electron chi connectivity index (χ0n) is 33.7. The van der Waals surface area contributed by atoms with Crippen LogP contribution in [0.2, 0.25) is 0 Å². The molecule has 8 nitrogen and oxygen atoms in total. The molecule has 9 aliphatic rings. The number of hydrogen-bond acceptors (Lipinski definition) is 10. The highest BCUT2D eigenvalue weighted by molar-refractivity contribution is 8.76. The predicted octanol–water partition coefficient (Wildman–Crippen LogP) is 8.32. The Morgan fingerprint density at radius 1 is 0.877 bits per heavy atom. The second kappa shape index (κ2) is 15.5. The Labute approximate surface area is 347 Å². The molecule has 5 heterocycles. The van der Waals surface area contributed by atoms with Crippen LogP contribution >= 0.6 is 21.6 Å². The quantitative estimate of drug-likeness (QED) is 0.198. The molecule has 7 fully saturated rings. The Hall–Kier alpha value is -1.95. The van der Waals surface area contributed by atoms with Crippen LogP contribution in [0.5, 0.6) is 0 Å². The fraction of sp³-hybridized carbons (Fsp3) is 0.723. The van der Waals surface area contributed by atoms with E-state index in [1.54, 1.807) is 0 Å². The summed E-state index contributed by atoms with van der Waals surface area (Å²) in [5.74, 6) is 4.02. The largest absolute Gasteiger partial charge is 0.492 e. The number of piperidine rings is 1. The van der Waals surface area contributed by atoms with Gasteiger partial charge in [-0.3, -0.25) is 4.90 Å². The number of hydrogen-bond donors (Lipinski definition) is 3. The molecule has 1 aromatic rings. The molecule has 57 heavy (non-hydrogen) atoms. The average Bonchev–Trinajstić information content (AvgIpc) is 4.08. The lowest BCUT2D eigenvalue weighted by molar-refractivity contribution is -0.134. The standard InChI is InChI=1S/C47H63NO7S2/c1-53-41-34(26-50)44(52)55-43(41)42-33(25-49)40-37-22-30(20-29-10-3-2-4-11-29)21-36-38(51)23-35-31(27-56-57-28-32(48(36)37)12-13-39(40)54-42)24-46(16-7-8-17-46)47(35)19-9-18-45(47)14-5-6-15-45/h2-4,10-11,13,30-33,35-38,40,49-51H,5-9,12,14-28H2,1H3/t30-,31+,32-,33+,35-,36-,37-,38+,40+,47+/m1/s1. The van der Waals surface area contributed by atoms with Crippen molar-refractivity contribution in [1.29, 1.82) is 0 Å². The van der Waals surface area contributed by atoms with Crippen molar-refractivity contribution in [3.05, 3.63) is 70.6 Å². The number of benzene rings is 1. The summed E-state index contributed by atoms with van der Waals surface area (Å²) in [6, 6.07) is 11.1. The summed E-state index contributed by atoms with van der Waals surface area (Å²) in [6.07, 6.45) is 23.0. The predicted molar refractivity (Wildman–Crippen MR) is 223 cm³/mol. The molecule has 4 saturated carbocycles. The van der Waals surface area contributed by atoms with Gasteiger partial charge in [0.2, 0.25) is 5.76 Å². The van der Waals surface area contributed by atoms with Crippen molar-refractivity contribution < 1.29 is 34.3 Å². The van der Waals surface area contributed by atoms with Gasteiger partial charge in [-0.2, -0.15) is 0 Å². The van der Waals surface area contributed by atoms with E-state index in [2.05, 4.69) is 62.9 Å². The number of nitrogens with zero attached hydrogens (tertiary/aromatic N) is 1. The second-order valence-electron chi connectivity index (χ2n) is 19.5. The summed E-state index contributed by atoms with van der Waals surface area (Å²) < 4.78 is 18.1. The topological polar surface area (TPSA) is 109 Å². The van der Waals surface area contributed by atoms with Crippen LogP contribution in [0.1, 0.15) is 108 Å². The van der Waals surface area contributed by atoms with Crippen molar-refractivity contribution in [2.45, 2.75) is 133 Å². The van der Waals surface area contributed by atoms with Crippen LogP contribution in [0, 0.1) is 45.8 Å². The van der Waals surface area contributed by atoms with Gasteiger partial charge in [0.15, 0.2) is 11.5 Å². The van der Waals surface area contributed by atoms with E-state index in [0.717, 1.165) is 43.6 Å². The molecule has 310 valence electrons. The maximum absolute atomic E-state index is 13.3. The summed E-state index contributed by atoms with van der Waals surface area (Å²) in [6.45, 7) is -0.689. The summed E-state index contributed by atoms with van der Waals surface area (Å²) in [7, 11) is 5.64. The van der Waals surface area contributed by atoms with Crippen molar-refractivity contribution in [1.82, 2.24) is 4.90 Å². The third-order valence-corrected chi connectivity index (χ3v) is 20.0. The Morgan fingerprint density at radius 2 is 1.60 bits per heavy atom. The fourth-order valence-electron chi connectivity index (χ4n) is 15.7. The van der Waals surface area contributed by atoms with E-state index in [1.807, 2.05) is 0 Å². The number of rotatable bonds is 5. The summed E-state index contributed by atoms with van der Waals surface area (Å²) in [5, 5.41) is 34.6. The van der Waals surface area contributed by atoms with Crippen LogP contribution in [-0.2, 0) is 25.4 Å². The van der Waals surface area contributed by atoms with Crippen LogP contribution in [0.3, 0.4) is 0 Å². The third kappa shape index (κ3) is 6.09. The van der Waals surface area contributed by atoms with E-state index in [9.17, 15) is 20.1 Å². The van der Waals surface area contributed by atoms with Crippen LogP contribution in [0.15, 0.2) is 65.0 Å². The normalized spacial score (nSPS) is 41.1. The number of methoxy groups -OCH3 is 1. The minimum atomic E-state index is -0.646. The van der Waals surface area contributed by atoms with Gasteiger partial charge in [0.25, 0.3) is 0 Å². The first-order valence-corrected chi connectivity index (χ1v) is 24.9. The second-order valence-corrected chi connectivity index (χ2v) is 22.1. The highest BCUT2D eigenvalue weighted by atomic mass is 33.1. The monoisotopic (exact) mass is 817 g/mol. The molecule has 4 aliphatic carbocycles. The van der Waals surface area contributed by atoms with Gasteiger partial charge in [-0.1, -0.05) is 84.0 Å². The molecule has 10 atom stereocenters. The summed E-state index contributed by atoms with van der Waals surface area (Å²) in [5.41, 5.74) is 2.65. The van der Waals surface area contributed by atoms with Crippen LogP contribution < -0.4 is 0 Å². The number of cyclic esters (lactones) is 1. The fourth-order valence-corrected chi connectivity index (χ4v) is 18.4. The SMILES string of the molecule is COC1=C(CO)C(=O)OC1=C1OC2=CC[C@@H]3CSSC[C@@H]4CC5(CCCC5)[C@@]5(CCCC56CCCC6)[C@@H]4C[C@H](O)[C@H]4C[C@@H](Cc5ccccc5)C[C@H]([C@@H]2[C@@H]1CO)N34. The molecule has 10 heteroatoms. The Morgan fingerprint density at radius 3 is 2.33 bits per heavy atom. The van der Waals surface area contributed by atoms with Crippen LogP contribution in [0.25, 0.3) is 0 Å². The summed E-state index contributed by atoms with van der Waals surface area (Å²) >= 11 is 0. The number of carbonyl (C=O) groups is 1. The summed E-state index contributed by atoms with van der Waals surface area (Å²) in [4.78, 5) is 15.6. The first kappa shape index (κ1) is 39.2. The molecule has 0 amide bonds. The van der Waals surface area contributed by atoms with Crippen molar-refractivity contribution >= 4 is 27.6 Å². The lowest BCUT2D eigenvalue weighted by atomic mass is 9.48. The van der Waals surface area contributed by atoms with Crippen molar-refractivity contribution in [2.24, 2.45) is 45.8 Å². The van der Waals surface area contributed by atoms with Gasteiger partial charge >= 0.3 is 5.97 Å². The first-order chi connectivity index (χ1) is 27.9. The van der Waals surface area contributed by atoms with Crippen LogP contribution in [-0.4, -0.2) is 82.2 Å². The molecule has 3 spiro atoms. The van der Waals surface area contributed by atoms with E-state index < -0.39 is 24.6 Å². The van der Waals surface area contributed by atoms with E-state index in [-0.39, 0.29) is 47.7 Å². The van der Waals surface area contributed by atoms with Gasteiger partial charge in [-0.25, -0.2) is 4.79 Å². The molecule has 0 radical (unpaired) electrons. The van der Waals surface area contributed by atoms with Gasteiger partial charge in [0, 0.05) is 35.5 Å². The van der Waals surface area contributed by atoms with Gasteiger partial charge in [0.05, 0.1) is 32.3 Å². The van der Waals surface area contributed by atoms with Crippen molar-refractivity contribution in [2.75, 3.05) is 31.8 Å². The maximum Gasteiger partial charge on any atom is 0.345 e. The Bertz CT molecular complexity index is 1780. The molecule has 0 aromatic heterocycles. The van der Waals surface area contributed by atoms with Crippen molar-refractivity contribution in [3.8, 4) is 0 Å². The number of fused-ring (bicyclic) bond motifs is 6. The maximum atomic E-state index is 13.3. The van der Waals surface area contributed by atoms with E-state index >= 15 is 0 Å². The molecular formula is C47H63NO7S2. The molecule has 10 rings (SSSR count). The Balaban J connectivity index is 1.06. The van der Waals surface area contributed by atoms with Gasteiger partial charge in [-0.15, -0.1) is 0 Å². The average molecular weight is 818 g/mol. The molecule has 1 aromatic carbocycles. The molecule has 5 aliphatic heterocycles. The van der Waals surface area contributed by atoms with Crippen LogP contribution in [0.4, 0.5) is 0 Å². The smallest absolute Gasteiger partial charge is 0.345 e. The van der Waals surface area contributed by atoms with E-state index in [0.29, 0.717) is 39.8 Å². The highest BCUT2D eigenvalue weighted by Gasteiger charge is 2.72. The highest BCUT2D eigenvalue weighted by Crippen LogP contribution is 2.80. The zero-order chi connectivity index (χ0) is 38.9.